The van der Waals surface area contributed by atoms with Gasteiger partial charge >= 0.3 is 0 Å². The van der Waals surface area contributed by atoms with Gasteiger partial charge in [0.2, 0.25) is 0 Å². The maximum absolute atomic E-state index is 12.7. The second kappa shape index (κ2) is 8.84. The number of likely N-dealkylation sites (tertiary alicyclic amines) is 1. The van der Waals surface area contributed by atoms with Crippen LogP contribution in [0.2, 0.25) is 0 Å². The van der Waals surface area contributed by atoms with Gasteiger partial charge in [-0.25, -0.2) is 0 Å². The first-order chi connectivity index (χ1) is 14.2. The highest BCUT2D eigenvalue weighted by molar-refractivity contribution is 6.21. The van der Waals surface area contributed by atoms with Gasteiger partial charge in [0.1, 0.15) is 0 Å². The molecule has 0 saturated carbocycles. The number of piperidine rings is 1. The van der Waals surface area contributed by atoms with Gasteiger partial charge < -0.3 is 10.0 Å². The summed E-state index contributed by atoms with van der Waals surface area (Å²) in [6, 6.07) is 13.1. The summed E-state index contributed by atoms with van der Waals surface area (Å²) in [6.07, 6.45) is 4.53. The van der Waals surface area contributed by atoms with Crippen molar-refractivity contribution in [1.29, 1.82) is 0 Å². The minimum absolute atomic E-state index is 0.0538. The molecule has 2 aromatic rings. The molecule has 152 valence electrons. The van der Waals surface area contributed by atoms with Crippen LogP contribution in [0.15, 0.2) is 48.7 Å². The maximum Gasteiger partial charge on any atom is 0.261 e. The number of carbonyl (C=O) groups is 2. The molecule has 1 fully saturated rings. The van der Waals surface area contributed by atoms with Crippen molar-refractivity contribution >= 4 is 11.8 Å². The molecule has 1 aromatic carbocycles. The fourth-order valence-corrected chi connectivity index (χ4v) is 4.48. The molecule has 1 aromatic heterocycles. The Morgan fingerprint density at radius 3 is 2.21 bits per heavy atom. The van der Waals surface area contributed by atoms with E-state index in [2.05, 4.69) is 16.0 Å². The Balaban J connectivity index is 1.36. The molecule has 0 spiro atoms. The van der Waals surface area contributed by atoms with Crippen LogP contribution in [0.1, 0.15) is 51.6 Å². The fourth-order valence-electron chi connectivity index (χ4n) is 4.48. The van der Waals surface area contributed by atoms with E-state index in [0.29, 0.717) is 30.0 Å². The van der Waals surface area contributed by atoms with Crippen LogP contribution in [0.5, 0.6) is 0 Å². The van der Waals surface area contributed by atoms with Crippen LogP contribution in [0.4, 0.5) is 0 Å². The Morgan fingerprint density at radius 2 is 1.62 bits per heavy atom. The van der Waals surface area contributed by atoms with Crippen molar-refractivity contribution in [2.24, 2.45) is 5.92 Å². The van der Waals surface area contributed by atoms with Gasteiger partial charge in [-0.1, -0.05) is 18.2 Å². The highest BCUT2D eigenvalue weighted by Gasteiger charge is 2.36. The highest BCUT2D eigenvalue weighted by atomic mass is 16.3. The lowest BCUT2D eigenvalue weighted by atomic mass is 9.92. The van der Waals surface area contributed by atoms with Gasteiger partial charge in [-0.3, -0.25) is 19.5 Å². The number of nitrogens with zero attached hydrogens (tertiary/aromatic N) is 3. The van der Waals surface area contributed by atoms with Crippen molar-refractivity contribution in [1.82, 2.24) is 14.8 Å². The average molecular weight is 393 g/mol. The summed E-state index contributed by atoms with van der Waals surface area (Å²) < 4.78 is 0. The number of fused-ring (bicyclic) bond motifs is 1. The van der Waals surface area contributed by atoms with Crippen LogP contribution < -0.4 is 0 Å². The van der Waals surface area contributed by atoms with E-state index < -0.39 is 0 Å². The van der Waals surface area contributed by atoms with Crippen molar-refractivity contribution in [3.63, 3.8) is 0 Å². The third-order valence-corrected chi connectivity index (χ3v) is 6.07. The van der Waals surface area contributed by atoms with E-state index in [9.17, 15) is 14.7 Å². The molecule has 0 bridgehead atoms. The number of pyridine rings is 1. The SMILES string of the molecule is O=C1c2ccccc2C(=O)N1CC(CCO)CN1CCC(c2ccccn2)CC1. The van der Waals surface area contributed by atoms with Gasteiger partial charge in [-0.2, -0.15) is 0 Å². The predicted octanol–water partition coefficient (Wildman–Crippen LogP) is 2.56. The Morgan fingerprint density at radius 1 is 0.966 bits per heavy atom. The van der Waals surface area contributed by atoms with Crippen molar-refractivity contribution in [2.45, 2.75) is 25.2 Å². The average Bonchev–Trinajstić information content (AvgIpc) is 3.00. The summed E-state index contributed by atoms with van der Waals surface area (Å²) in [6.45, 7) is 3.12. The zero-order valence-electron chi connectivity index (χ0n) is 16.5. The van der Waals surface area contributed by atoms with E-state index in [4.69, 9.17) is 0 Å². The summed E-state index contributed by atoms with van der Waals surface area (Å²) in [7, 11) is 0. The molecule has 1 N–H and O–H groups in total. The predicted molar refractivity (Wildman–Crippen MR) is 110 cm³/mol. The van der Waals surface area contributed by atoms with Crippen molar-refractivity contribution < 1.29 is 14.7 Å². The molecule has 2 aliphatic heterocycles. The van der Waals surface area contributed by atoms with Gasteiger partial charge in [-0.15, -0.1) is 0 Å². The number of aromatic nitrogens is 1. The Hall–Kier alpha value is -2.57. The number of amides is 2. The number of imide groups is 1. The number of hydrogen-bond acceptors (Lipinski definition) is 5. The Labute approximate surface area is 171 Å². The lowest BCUT2D eigenvalue weighted by molar-refractivity contribution is 0.0594. The maximum atomic E-state index is 12.7. The number of carbonyl (C=O) groups excluding carboxylic acids is 2. The standard InChI is InChI=1S/C23H27N3O3/c27-14-10-17(16-26-22(28)19-5-1-2-6-20(19)23(26)29)15-25-12-8-18(9-13-25)21-7-3-4-11-24-21/h1-7,11,17-18,27H,8-10,12-16H2. The quantitative estimate of drug-likeness (QED) is 0.732. The van der Waals surface area contributed by atoms with Crippen LogP contribution in [-0.4, -0.2) is 64.5 Å². The van der Waals surface area contributed by atoms with Gasteiger partial charge in [0, 0.05) is 37.5 Å². The summed E-state index contributed by atoms with van der Waals surface area (Å²) >= 11 is 0. The van der Waals surface area contributed by atoms with Crippen LogP contribution >= 0.6 is 0 Å². The smallest absolute Gasteiger partial charge is 0.261 e. The molecule has 3 heterocycles. The van der Waals surface area contributed by atoms with Gasteiger partial charge in [0.25, 0.3) is 11.8 Å². The monoisotopic (exact) mass is 393 g/mol. The Kier molecular flexibility index (Phi) is 6.02. The molecule has 4 rings (SSSR count). The van der Waals surface area contributed by atoms with Crippen LogP contribution in [-0.2, 0) is 0 Å². The molecule has 1 unspecified atom stereocenters. The molecule has 6 nitrogen and oxygen atoms in total. The van der Waals surface area contributed by atoms with Gasteiger partial charge in [0.15, 0.2) is 0 Å². The summed E-state index contributed by atoms with van der Waals surface area (Å²) in [4.78, 5) is 33.6. The zero-order valence-corrected chi connectivity index (χ0v) is 16.5. The number of rotatable bonds is 7. The number of aliphatic hydroxyl groups excluding tert-OH is 1. The van der Waals surface area contributed by atoms with E-state index in [-0.39, 0.29) is 24.3 Å². The molecule has 29 heavy (non-hydrogen) atoms. The molecular weight excluding hydrogens is 366 g/mol. The van der Waals surface area contributed by atoms with Crippen LogP contribution in [0.25, 0.3) is 0 Å². The molecule has 1 atom stereocenters. The lowest BCUT2D eigenvalue weighted by Gasteiger charge is -2.34. The van der Waals surface area contributed by atoms with E-state index >= 15 is 0 Å². The highest BCUT2D eigenvalue weighted by Crippen LogP contribution is 2.28. The fraction of sp³-hybridized carbons (Fsp3) is 0.435. The second-order valence-corrected chi connectivity index (χ2v) is 7.97. The summed E-state index contributed by atoms with van der Waals surface area (Å²) in [5.74, 6) is 0.110. The number of benzene rings is 1. The third-order valence-electron chi connectivity index (χ3n) is 6.07. The molecule has 1 saturated heterocycles. The summed E-state index contributed by atoms with van der Waals surface area (Å²) in [5.41, 5.74) is 2.12. The van der Waals surface area contributed by atoms with Crippen molar-refractivity contribution in [2.75, 3.05) is 32.8 Å². The van der Waals surface area contributed by atoms with E-state index in [0.717, 1.165) is 38.2 Å². The van der Waals surface area contributed by atoms with Crippen molar-refractivity contribution in [3.8, 4) is 0 Å². The minimum Gasteiger partial charge on any atom is -0.396 e. The topological polar surface area (TPSA) is 73.7 Å². The van der Waals surface area contributed by atoms with E-state index in [1.165, 1.54) is 4.90 Å². The van der Waals surface area contributed by atoms with Crippen molar-refractivity contribution in [3.05, 3.63) is 65.5 Å². The van der Waals surface area contributed by atoms with Gasteiger partial charge in [0.05, 0.1) is 11.1 Å². The molecule has 2 amide bonds. The Bertz CT molecular complexity index is 828. The second-order valence-electron chi connectivity index (χ2n) is 7.97. The molecule has 0 radical (unpaired) electrons. The summed E-state index contributed by atoms with van der Waals surface area (Å²) in [5, 5.41) is 9.52. The normalized spacial score (nSPS) is 18.9. The third kappa shape index (κ3) is 4.23. The first-order valence-electron chi connectivity index (χ1n) is 10.4. The molecule has 6 heteroatoms. The van der Waals surface area contributed by atoms with Crippen LogP contribution in [0, 0.1) is 5.92 Å². The molecular formula is C23H27N3O3. The number of hydrogen-bond donors (Lipinski definition) is 1. The first kappa shape index (κ1) is 19.7. The number of aliphatic hydroxyl groups is 1. The molecule has 2 aliphatic rings. The largest absolute Gasteiger partial charge is 0.396 e. The van der Waals surface area contributed by atoms with E-state index in [1.807, 2.05) is 18.3 Å². The lowest BCUT2D eigenvalue weighted by Crippen LogP contribution is -2.42. The van der Waals surface area contributed by atoms with E-state index in [1.54, 1.807) is 24.3 Å². The zero-order chi connectivity index (χ0) is 20.2. The van der Waals surface area contributed by atoms with Crippen LogP contribution in [0.3, 0.4) is 0 Å². The molecule has 0 aliphatic carbocycles. The first-order valence-corrected chi connectivity index (χ1v) is 10.4. The minimum atomic E-state index is -0.220. The van der Waals surface area contributed by atoms with Gasteiger partial charge in [-0.05, 0) is 62.5 Å².